The fourth-order valence-corrected chi connectivity index (χ4v) is 3.73. The number of anilines is 1. The van der Waals surface area contributed by atoms with E-state index in [0.29, 0.717) is 35.3 Å². The first-order valence-corrected chi connectivity index (χ1v) is 10.9. The van der Waals surface area contributed by atoms with Crippen LogP contribution in [-0.2, 0) is 11.3 Å². The molecule has 1 atom stereocenters. The molecule has 168 valence electrons. The molecule has 1 aromatic heterocycles. The molecule has 4 aromatic rings. The van der Waals surface area contributed by atoms with E-state index >= 15 is 0 Å². The molecule has 3 aromatic carbocycles. The van der Waals surface area contributed by atoms with E-state index < -0.39 is 5.76 Å². The minimum atomic E-state index is -0.439. The maximum Gasteiger partial charge on any atom is 0.419 e. The van der Waals surface area contributed by atoms with Gasteiger partial charge in [-0.2, -0.15) is 0 Å². The van der Waals surface area contributed by atoms with E-state index in [2.05, 4.69) is 10.6 Å². The number of fused-ring (bicyclic) bond motifs is 1. The van der Waals surface area contributed by atoms with Crippen LogP contribution in [0, 0.1) is 0 Å². The van der Waals surface area contributed by atoms with Crippen LogP contribution in [0.25, 0.3) is 11.1 Å². The second-order valence-corrected chi connectivity index (χ2v) is 7.79. The van der Waals surface area contributed by atoms with Gasteiger partial charge in [0.2, 0.25) is 5.91 Å². The fraction of sp³-hybridized carbons (Fsp3) is 0.192. The first kappa shape index (κ1) is 22.1. The summed E-state index contributed by atoms with van der Waals surface area (Å²) in [6.45, 7) is 2.27. The molecule has 0 saturated carbocycles. The van der Waals surface area contributed by atoms with Crippen LogP contribution < -0.4 is 16.4 Å². The topological polar surface area (TPSA) is 93.3 Å². The zero-order valence-corrected chi connectivity index (χ0v) is 18.3. The van der Waals surface area contributed by atoms with Gasteiger partial charge in [-0.25, -0.2) is 4.79 Å². The van der Waals surface area contributed by atoms with E-state index in [0.717, 1.165) is 5.56 Å². The molecule has 0 spiro atoms. The second-order valence-electron chi connectivity index (χ2n) is 7.79. The molecule has 2 amide bonds. The van der Waals surface area contributed by atoms with Crippen molar-refractivity contribution >= 4 is 28.6 Å². The lowest BCUT2D eigenvalue weighted by molar-refractivity contribution is -0.116. The van der Waals surface area contributed by atoms with Crippen LogP contribution in [0.4, 0.5) is 5.69 Å². The van der Waals surface area contributed by atoms with E-state index in [-0.39, 0.29) is 24.3 Å². The predicted molar refractivity (Wildman–Crippen MR) is 127 cm³/mol. The molecule has 0 aliphatic rings. The number of carbonyl (C=O) groups is 2. The first-order chi connectivity index (χ1) is 16.0. The number of aromatic nitrogens is 1. The minimum Gasteiger partial charge on any atom is -0.408 e. The van der Waals surface area contributed by atoms with Gasteiger partial charge in [0.1, 0.15) is 0 Å². The third-order valence-electron chi connectivity index (χ3n) is 5.45. The summed E-state index contributed by atoms with van der Waals surface area (Å²) in [6.07, 6.45) is 0.650. The Morgan fingerprint density at radius 2 is 1.64 bits per heavy atom. The van der Waals surface area contributed by atoms with Crippen molar-refractivity contribution < 1.29 is 14.0 Å². The summed E-state index contributed by atoms with van der Waals surface area (Å²) < 4.78 is 6.74. The Labute approximate surface area is 191 Å². The van der Waals surface area contributed by atoms with Crippen molar-refractivity contribution in [3.05, 3.63) is 101 Å². The Morgan fingerprint density at radius 3 is 2.45 bits per heavy atom. The van der Waals surface area contributed by atoms with Gasteiger partial charge in [-0.15, -0.1) is 0 Å². The monoisotopic (exact) mass is 443 g/mol. The highest BCUT2D eigenvalue weighted by Crippen LogP contribution is 2.19. The number of hydrogen-bond acceptors (Lipinski definition) is 4. The first-order valence-electron chi connectivity index (χ1n) is 10.9. The normalized spacial score (nSPS) is 11.8. The summed E-state index contributed by atoms with van der Waals surface area (Å²) >= 11 is 0. The number of rotatable bonds is 8. The Kier molecular flexibility index (Phi) is 6.69. The van der Waals surface area contributed by atoms with Crippen LogP contribution in [-0.4, -0.2) is 16.4 Å². The summed E-state index contributed by atoms with van der Waals surface area (Å²) in [5.41, 5.74) is 3.07. The van der Waals surface area contributed by atoms with Crippen molar-refractivity contribution in [3.8, 4) is 0 Å². The summed E-state index contributed by atoms with van der Waals surface area (Å²) in [5.74, 6) is -0.933. The zero-order chi connectivity index (χ0) is 23.2. The second kappa shape index (κ2) is 9.99. The number of oxazole rings is 1. The Bertz CT molecular complexity index is 1320. The van der Waals surface area contributed by atoms with Gasteiger partial charge in [-0.05, 0) is 43.2 Å². The quantitative estimate of drug-likeness (QED) is 0.419. The number of para-hydroxylation sites is 3. The Hall–Kier alpha value is -4.13. The standard InChI is InChI=1S/C26H25N3O4/c1-18(19-10-3-2-4-11-19)27-25(31)20-12-5-6-13-21(20)28-24(30)16-9-17-29-22-14-7-8-15-23(22)33-26(29)32/h2-8,10-15,18H,9,16-17H2,1H3,(H,27,31)(H,28,30). The smallest absolute Gasteiger partial charge is 0.408 e. The molecule has 0 aliphatic heterocycles. The van der Waals surface area contributed by atoms with Crippen molar-refractivity contribution in [2.45, 2.75) is 32.4 Å². The lowest BCUT2D eigenvalue weighted by Gasteiger charge is -2.16. The molecule has 33 heavy (non-hydrogen) atoms. The maximum absolute atomic E-state index is 12.9. The summed E-state index contributed by atoms with van der Waals surface area (Å²) in [5, 5.41) is 5.80. The average molecular weight is 444 g/mol. The van der Waals surface area contributed by atoms with Crippen LogP contribution in [0.3, 0.4) is 0 Å². The molecule has 0 aliphatic carbocycles. The molecule has 1 heterocycles. The van der Waals surface area contributed by atoms with E-state index in [1.807, 2.05) is 49.4 Å². The van der Waals surface area contributed by atoms with Crippen molar-refractivity contribution in [1.82, 2.24) is 9.88 Å². The number of benzene rings is 3. The van der Waals surface area contributed by atoms with Gasteiger partial charge in [0.25, 0.3) is 5.91 Å². The van der Waals surface area contributed by atoms with Crippen LogP contribution in [0.15, 0.2) is 88.1 Å². The van der Waals surface area contributed by atoms with Gasteiger partial charge in [-0.1, -0.05) is 54.6 Å². The summed E-state index contributed by atoms with van der Waals surface area (Å²) in [6, 6.07) is 23.6. The van der Waals surface area contributed by atoms with Crippen molar-refractivity contribution in [3.63, 3.8) is 0 Å². The predicted octanol–water partition coefficient (Wildman–Crippen LogP) is 4.50. The Balaban J connectivity index is 1.37. The summed E-state index contributed by atoms with van der Waals surface area (Å²) in [7, 11) is 0. The molecule has 1 unspecified atom stereocenters. The molecule has 2 N–H and O–H groups in total. The van der Waals surface area contributed by atoms with Gasteiger partial charge in [0.05, 0.1) is 22.8 Å². The number of carbonyl (C=O) groups excluding carboxylic acids is 2. The van der Waals surface area contributed by atoms with Gasteiger partial charge in [-0.3, -0.25) is 14.2 Å². The molecular formula is C26H25N3O4. The molecule has 0 radical (unpaired) electrons. The van der Waals surface area contributed by atoms with Gasteiger partial charge in [0, 0.05) is 13.0 Å². The highest BCUT2D eigenvalue weighted by Gasteiger charge is 2.16. The highest BCUT2D eigenvalue weighted by molar-refractivity contribution is 6.03. The number of nitrogens with one attached hydrogen (secondary N) is 2. The molecule has 0 fully saturated rings. The average Bonchev–Trinajstić information content (AvgIpc) is 3.15. The number of hydrogen-bond donors (Lipinski definition) is 2. The fourth-order valence-electron chi connectivity index (χ4n) is 3.73. The lowest BCUT2D eigenvalue weighted by Crippen LogP contribution is -2.28. The van der Waals surface area contributed by atoms with Crippen LogP contribution in [0.2, 0.25) is 0 Å². The van der Waals surface area contributed by atoms with E-state index in [4.69, 9.17) is 4.42 Å². The maximum atomic E-state index is 12.9. The van der Waals surface area contributed by atoms with Crippen LogP contribution in [0.1, 0.15) is 41.7 Å². The largest absolute Gasteiger partial charge is 0.419 e. The van der Waals surface area contributed by atoms with Crippen LogP contribution >= 0.6 is 0 Å². The third kappa shape index (κ3) is 5.20. The highest BCUT2D eigenvalue weighted by atomic mass is 16.4. The molecule has 0 bridgehead atoms. The lowest BCUT2D eigenvalue weighted by atomic mass is 10.1. The minimum absolute atomic E-state index is 0.175. The molecule has 0 saturated heterocycles. The third-order valence-corrected chi connectivity index (χ3v) is 5.45. The molecular weight excluding hydrogens is 418 g/mol. The number of nitrogens with zero attached hydrogens (tertiary/aromatic N) is 1. The number of amides is 2. The van der Waals surface area contributed by atoms with Crippen LogP contribution in [0.5, 0.6) is 0 Å². The zero-order valence-electron chi connectivity index (χ0n) is 18.3. The van der Waals surface area contributed by atoms with Gasteiger partial charge in [0.15, 0.2) is 5.58 Å². The van der Waals surface area contributed by atoms with E-state index in [9.17, 15) is 14.4 Å². The van der Waals surface area contributed by atoms with E-state index in [1.165, 1.54) is 4.57 Å². The number of aryl methyl sites for hydroxylation is 1. The summed E-state index contributed by atoms with van der Waals surface area (Å²) in [4.78, 5) is 37.5. The molecule has 4 rings (SSSR count). The SMILES string of the molecule is CC(NC(=O)c1ccccc1NC(=O)CCCn1c(=O)oc2ccccc21)c1ccccc1. The molecule has 7 nitrogen and oxygen atoms in total. The van der Waals surface area contributed by atoms with Gasteiger partial charge >= 0.3 is 5.76 Å². The van der Waals surface area contributed by atoms with Crippen molar-refractivity contribution in [1.29, 1.82) is 0 Å². The van der Waals surface area contributed by atoms with Crippen molar-refractivity contribution in [2.75, 3.05) is 5.32 Å². The van der Waals surface area contributed by atoms with Gasteiger partial charge < -0.3 is 15.1 Å². The van der Waals surface area contributed by atoms with Crippen molar-refractivity contribution in [2.24, 2.45) is 0 Å². The molecule has 7 heteroatoms. The Morgan fingerprint density at radius 1 is 0.939 bits per heavy atom. The van der Waals surface area contributed by atoms with E-state index in [1.54, 1.807) is 36.4 Å².